The zero-order chi connectivity index (χ0) is 21.2. The molecule has 162 valence electrons. The Bertz CT molecular complexity index is 697. The highest BCUT2D eigenvalue weighted by atomic mass is 16.1. The lowest BCUT2D eigenvalue weighted by Gasteiger charge is -2.46. The third-order valence-corrected chi connectivity index (χ3v) is 6.97. The lowest BCUT2D eigenvalue weighted by molar-refractivity contribution is 0.0967. The summed E-state index contributed by atoms with van der Waals surface area (Å²) in [7, 11) is 0. The Hall–Kier alpha value is -1.35. The fourth-order valence-electron chi connectivity index (χ4n) is 6.04. The van der Waals surface area contributed by atoms with Gasteiger partial charge in [0.1, 0.15) is 0 Å². The van der Waals surface area contributed by atoms with Crippen LogP contribution in [0, 0.1) is 10.8 Å². The number of carbonyl (C=O) groups is 1. The summed E-state index contributed by atoms with van der Waals surface area (Å²) in [5, 5.41) is 0. The van der Waals surface area contributed by atoms with Gasteiger partial charge in [0.2, 0.25) is 0 Å². The summed E-state index contributed by atoms with van der Waals surface area (Å²) in [5.74, 6) is 0.742. The molecule has 29 heavy (non-hydrogen) atoms. The van der Waals surface area contributed by atoms with Crippen LogP contribution in [-0.2, 0) is 0 Å². The van der Waals surface area contributed by atoms with Crippen LogP contribution in [0.15, 0.2) is 18.2 Å². The SMILES string of the molecule is CCCCN1CCN(c2cc(C(C)=O)ccc2C2CC(C)(C)CC(C)(C)C2)CC1. The van der Waals surface area contributed by atoms with Gasteiger partial charge in [0.15, 0.2) is 5.78 Å². The second kappa shape index (κ2) is 8.79. The van der Waals surface area contributed by atoms with Crippen LogP contribution in [0.1, 0.15) is 95.5 Å². The highest BCUT2D eigenvalue weighted by Gasteiger charge is 2.40. The van der Waals surface area contributed by atoms with Crippen molar-refractivity contribution in [2.24, 2.45) is 10.8 Å². The van der Waals surface area contributed by atoms with Gasteiger partial charge in [-0.05, 0) is 67.5 Å². The average molecular weight is 399 g/mol. The van der Waals surface area contributed by atoms with Crippen LogP contribution in [-0.4, -0.2) is 43.4 Å². The highest BCUT2D eigenvalue weighted by Crippen LogP contribution is 2.53. The molecule has 3 rings (SSSR count). The molecule has 0 unspecified atom stereocenters. The van der Waals surface area contributed by atoms with E-state index in [9.17, 15) is 4.79 Å². The van der Waals surface area contributed by atoms with Crippen LogP contribution >= 0.6 is 0 Å². The molecule has 0 bridgehead atoms. The van der Waals surface area contributed by atoms with E-state index in [4.69, 9.17) is 0 Å². The second-order valence-electron chi connectivity index (χ2n) is 11.1. The van der Waals surface area contributed by atoms with Crippen molar-refractivity contribution in [3.05, 3.63) is 29.3 Å². The summed E-state index contributed by atoms with van der Waals surface area (Å²) in [4.78, 5) is 17.3. The lowest BCUT2D eigenvalue weighted by atomic mass is 9.60. The highest BCUT2D eigenvalue weighted by molar-refractivity contribution is 5.95. The number of Topliss-reactive ketones (excluding diaryl/α,β-unsaturated/α-hetero) is 1. The maximum atomic E-state index is 12.1. The number of carbonyl (C=O) groups excluding carboxylic acids is 1. The molecule has 1 aromatic rings. The molecule has 1 aromatic carbocycles. The average Bonchev–Trinajstić information content (AvgIpc) is 2.64. The standard InChI is InChI=1S/C26H42N2O/c1-7-8-11-27-12-14-28(15-13-27)24-16-21(20(2)29)9-10-23(24)22-17-25(3,4)19-26(5,6)18-22/h9-10,16,22H,7-8,11-15,17-19H2,1-6H3. The molecule has 1 saturated carbocycles. The van der Waals surface area contributed by atoms with Gasteiger partial charge < -0.3 is 4.90 Å². The fraction of sp³-hybridized carbons (Fsp3) is 0.731. The van der Waals surface area contributed by atoms with Crippen LogP contribution in [0.25, 0.3) is 0 Å². The minimum absolute atomic E-state index is 0.170. The molecule has 0 spiro atoms. The topological polar surface area (TPSA) is 23.6 Å². The molecule has 0 amide bonds. The van der Waals surface area contributed by atoms with Crippen molar-refractivity contribution in [3.8, 4) is 0 Å². The molecular formula is C26H42N2O. The minimum atomic E-state index is 0.170. The van der Waals surface area contributed by atoms with Crippen molar-refractivity contribution in [1.82, 2.24) is 4.90 Å². The van der Waals surface area contributed by atoms with Gasteiger partial charge in [-0.15, -0.1) is 0 Å². The van der Waals surface area contributed by atoms with Gasteiger partial charge in [-0.1, -0.05) is 53.2 Å². The number of benzene rings is 1. The van der Waals surface area contributed by atoms with Crippen LogP contribution in [0.3, 0.4) is 0 Å². The van der Waals surface area contributed by atoms with E-state index >= 15 is 0 Å². The summed E-state index contributed by atoms with van der Waals surface area (Å²) < 4.78 is 0. The maximum absolute atomic E-state index is 12.1. The summed E-state index contributed by atoms with van der Waals surface area (Å²) in [5.41, 5.74) is 4.37. The van der Waals surface area contributed by atoms with Gasteiger partial charge in [-0.25, -0.2) is 0 Å². The normalized spacial score (nSPS) is 22.6. The van der Waals surface area contributed by atoms with Gasteiger partial charge in [0.05, 0.1) is 0 Å². The first-order chi connectivity index (χ1) is 13.6. The number of rotatable bonds is 6. The van der Waals surface area contributed by atoms with Gasteiger partial charge in [0, 0.05) is 37.4 Å². The van der Waals surface area contributed by atoms with E-state index in [1.807, 2.05) is 0 Å². The number of ketones is 1. The van der Waals surface area contributed by atoms with Crippen LogP contribution < -0.4 is 4.90 Å². The molecule has 3 nitrogen and oxygen atoms in total. The summed E-state index contributed by atoms with van der Waals surface area (Å²) >= 11 is 0. The molecule has 2 aliphatic rings. The molecule has 0 radical (unpaired) electrons. The third kappa shape index (κ3) is 5.63. The van der Waals surface area contributed by atoms with E-state index in [1.54, 1.807) is 6.92 Å². The molecule has 1 aliphatic carbocycles. The van der Waals surface area contributed by atoms with Gasteiger partial charge in [-0.2, -0.15) is 0 Å². The third-order valence-electron chi connectivity index (χ3n) is 6.97. The van der Waals surface area contributed by atoms with Crippen molar-refractivity contribution in [2.45, 2.75) is 79.6 Å². The maximum Gasteiger partial charge on any atom is 0.159 e. The molecule has 0 N–H and O–H groups in total. The lowest BCUT2D eigenvalue weighted by Crippen LogP contribution is -2.47. The van der Waals surface area contributed by atoms with Crippen molar-refractivity contribution in [2.75, 3.05) is 37.6 Å². The molecule has 2 fully saturated rings. The number of hydrogen-bond donors (Lipinski definition) is 0. The van der Waals surface area contributed by atoms with E-state index in [2.05, 4.69) is 62.6 Å². The summed E-state index contributed by atoms with van der Waals surface area (Å²) in [6.07, 6.45) is 6.31. The monoisotopic (exact) mass is 398 g/mol. The predicted octanol–water partition coefficient (Wildman–Crippen LogP) is 6.13. The Morgan fingerprint density at radius 2 is 1.66 bits per heavy atom. The van der Waals surface area contributed by atoms with Crippen LogP contribution in [0.4, 0.5) is 5.69 Å². The van der Waals surface area contributed by atoms with E-state index in [0.717, 1.165) is 31.7 Å². The first-order valence-corrected chi connectivity index (χ1v) is 11.7. The zero-order valence-electron chi connectivity index (χ0n) is 19.7. The number of anilines is 1. The number of nitrogens with zero attached hydrogens (tertiary/aromatic N) is 2. The molecule has 0 atom stereocenters. The first-order valence-electron chi connectivity index (χ1n) is 11.7. The Morgan fingerprint density at radius 3 is 2.21 bits per heavy atom. The van der Waals surface area contributed by atoms with Gasteiger partial charge >= 0.3 is 0 Å². The summed E-state index contributed by atoms with van der Waals surface area (Å²) in [6, 6.07) is 6.53. The van der Waals surface area contributed by atoms with Crippen LogP contribution in [0.5, 0.6) is 0 Å². The van der Waals surface area contributed by atoms with E-state index in [0.29, 0.717) is 16.7 Å². The van der Waals surface area contributed by atoms with Crippen molar-refractivity contribution in [3.63, 3.8) is 0 Å². The van der Waals surface area contributed by atoms with Crippen molar-refractivity contribution >= 4 is 11.5 Å². The first kappa shape index (κ1) is 22.3. The summed E-state index contributed by atoms with van der Waals surface area (Å²) in [6.45, 7) is 19.3. The molecule has 1 heterocycles. The smallest absolute Gasteiger partial charge is 0.159 e. The van der Waals surface area contributed by atoms with Crippen LogP contribution in [0.2, 0.25) is 0 Å². The zero-order valence-corrected chi connectivity index (χ0v) is 19.7. The molecule has 1 aliphatic heterocycles. The molecular weight excluding hydrogens is 356 g/mol. The van der Waals surface area contributed by atoms with Gasteiger partial charge in [-0.3, -0.25) is 9.69 Å². The Balaban J connectivity index is 1.87. The van der Waals surface area contributed by atoms with Crippen molar-refractivity contribution < 1.29 is 4.79 Å². The Morgan fingerprint density at radius 1 is 1.03 bits per heavy atom. The number of unbranched alkanes of at least 4 members (excludes halogenated alkanes) is 1. The Labute approximate surface area is 178 Å². The van der Waals surface area contributed by atoms with Crippen molar-refractivity contribution in [1.29, 1.82) is 0 Å². The van der Waals surface area contributed by atoms with E-state index in [-0.39, 0.29) is 5.78 Å². The Kier molecular flexibility index (Phi) is 6.77. The number of hydrogen-bond acceptors (Lipinski definition) is 3. The molecule has 3 heteroatoms. The molecule has 1 saturated heterocycles. The predicted molar refractivity (Wildman–Crippen MR) is 124 cm³/mol. The largest absolute Gasteiger partial charge is 0.369 e. The minimum Gasteiger partial charge on any atom is -0.369 e. The molecule has 0 aromatic heterocycles. The quantitative estimate of drug-likeness (QED) is 0.538. The second-order valence-corrected chi connectivity index (χ2v) is 11.1. The number of piperazine rings is 1. The van der Waals surface area contributed by atoms with E-state index in [1.165, 1.54) is 49.9 Å². The fourth-order valence-corrected chi connectivity index (χ4v) is 6.04. The van der Waals surface area contributed by atoms with E-state index < -0.39 is 0 Å². The van der Waals surface area contributed by atoms with Gasteiger partial charge in [0.25, 0.3) is 0 Å².